The molecule has 0 radical (unpaired) electrons. The number of furan rings is 1. The number of hydrogen-bond acceptors (Lipinski definition) is 6. The Balaban J connectivity index is 2.75. The van der Waals surface area contributed by atoms with E-state index in [1.165, 1.54) is 13.8 Å². The third-order valence-corrected chi connectivity index (χ3v) is 5.27. The van der Waals surface area contributed by atoms with Gasteiger partial charge >= 0.3 is 0 Å². The molecular formula is C10H16N2O6S2. The van der Waals surface area contributed by atoms with Crippen molar-refractivity contribution < 1.29 is 26.0 Å². The number of nitrogens with two attached hydrogens (primary N) is 1. The molecule has 1 aromatic heterocycles. The first-order valence-corrected chi connectivity index (χ1v) is 9.05. The van der Waals surface area contributed by atoms with Gasteiger partial charge in [-0.3, -0.25) is 4.79 Å². The Morgan fingerprint density at radius 2 is 1.95 bits per heavy atom. The van der Waals surface area contributed by atoms with E-state index < -0.39 is 25.8 Å². The second-order valence-electron chi connectivity index (χ2n) is 4.07. The van der Waals surface area contributed by atoms with Crippen molar-refractivity contribution in [2.24, 2.45) is 5.14 Å². The average molecular weight is 324 g/mol. The van der Waals surface area contributed by atoms with Crippen LogP contribution in [-0.2, 0) is 19.9 Å². The van der Waals surface area contributed by atoms with E-state index in [0.29, 0.717) is 0 Å². The average Bonchev–Trinajstić information content (AvgIpc) is 2.71. The molecule has 0 aliphatic rings. The predicted molar refractivity (Wildman–Crippen MR) is 71.5 cm³/mol. The first-order valence-electron chi connectivity index (χ1n) is 5.68. The van der Waals surface area contributed by atoms with Crippen LogP contribution in [0.2, 0.25) is 0 Å². The highest BCUT2D eigenvalue weighted by atomic mass is 32.2. The summed E-state index contributed by atoms with van der Waals surface area (Å²) in [6, 6.07) is 1.01. The quantitative estimate of drug-likeness (QED) is 0.717. The lowest BCUT2D eigenvalue weighted by Crippen LogP contribution is -2.29. The Bertz CT molecular complexity index is 702. The highest BCUT2D eigenvalue weighted by molar-refractivity contribution is 7.91. The van der Waals surface area contributed by atoms with E-state index >= 15 is 0 Å². The van der Waals surface area contributed by atoms with Crippen molar-refractivity contribution in [2.75, 3.05) is 18.1 Å². The molecule has 1 rings (SSSR count). The molecule has 114 valence electrons. The van der Waals surface area contributed by atoms with Gasteiger partial charge in [-0.05, 0) is 6.92 Å². The smallest absolute Gasteiger partial charge is 0.287 e. The van der Waals surface area contributed by atoms with Gasteiger partial charge in [-0.2, -0.15) is 0 Å². The number of sulfone groups is 1. The molecular weight excluding hydrogens is 308 g/mol. The van der Waals surface area contributed by atoms with Gasteiger partial charge in [0.2, 0.25) is 10.0 Å². The largest absolute Gasteiger partial charge is 0.455 e. The second kappa shape index (κ2) is 5.94. The van der Waals surface area contributed by atoms with Gasteiger partial charge in [0.1, 0.15) is 10.7 Å². The van der Waals surface area contributed by atoms with Crippen LogP contribution in [0.25, 0.3) is 0 Å². The van der Waals surface area contributed by atoms with Gasteiger partial charge in [0, 0.05) is 18.4 Å². The molecule has 1 aromatic rings. The molecule has 0 bridgehead atoms. The summed E-state index contributed by atoms with van der Waals surface area (Å²) in [6.45, 7) is 2.78. The molecule has 0 atom stereocenters. The number of primary sulfonamides is 1. The number of amides is 1. The zero-order valence-corrected chi connectivity index (χ0v) is 12.7. The van der Waals surface area contributed by atoms with Crippen LogP contribution in [0.4, 0.5) is 0 Å². The molecule has 0 aliphatic heterocycles. The number of sulfonamides is 1. The Morgan fingerprint density at radius 3 is 2.40 bits per heavy atom. The number of aryl methyl sites for hydroxylation is 1. The SMILES string of the molecule is CCS(=O)(=O)CCNC(=O)c1cc(S(N)(=O)=O)c(C)o1. The summed E-state index contributed by atoms with van der Waals surface area (Å²) in [5, 5.41) is 7.28. The normalized spacial score (nSPS) is 12.3. The minimum absolute atomic E-state index is 0.00108. The van der Waals surface area contributed by atoms with Gasteiger partial charge in [0.15, 0.2) is 15.6 Å². The molecule has 0 saturated heterocycles. The molecule has 0 aliphatic carbocycles. The summed E-state index contributed by atoms with van der Waals surface area (Å²) >= 11 is 0. The van der Waals surface area contributed by atoms with Crippen molar-refractivity contribution in [2.45, 2.75) is 18.7 Å². The predicted octanol–water partition coefficient (Wildman–Crippen LogP) is -0.600. The van der Waals surface area contributed by atoms with Gasteiger partial charge in [-0.1, -0.05) is 6.92 Å². The third-order valence-electron chi connectivity index (χ3n) is 2.54. The summed E-state index contributed by atoms with van der Waals surface area (Å²) in [4.78, 5) is 11.4. The summed E-state index contributed by atoms with van der Waals surface area (Å²) in [6.07, 6.45) is 0. The maximum Gasteiger partial charge on any atom is 0.287 e. The second-order valence-corrected chi connectivity index (χ2v) is 8.07. The highest BCUT2D eigenvalue weighted by Gasteiger charge is 2.21. The molecule has 1 amide bonds. The van der Waals surface area contributed by atoms with Crippen molar-refractivity contribution in [3.8, 4) is 0 Å². The van der Waals surface area contributed by atoms with Crippen molar-refractivity contribution in [3.63, 3.8) is 0 Å². The van der Waals surface area contributed by atoms with Gasteiger partial charge in [0.25, 0.3) is 5.91 Å². The monoisotopic (exact) mass is 324 g/mol. The minimum atomic E-state index is -3.96. The van der Waals surface area contributed by atoms with E-state index in [1.807, 2.05) is 0 Å². The van der Waals surface area contributed by atoms with E-state index in [4.69, 9.17) is 9.56 Å². The Labute approximate surface area is 117 Å². The fraction of sp³-hybridized carbons (Fsp3) is 0.500. The molecule has 0 unspecified atom stereocenters. The van der Waals surface area contributed by atoms with E-state index in [9.17, 15) is 21.6 Å². The van der Waals surface area contributed by atoms with Gasteiger partial charge < -0.3 is 9.73 Å². The standard InChI is InChI=1S/C10H16N2O6S2/c1-3-19(14,15)5-4-12-10(13)8-6-9(7(2)18-8)20(11,16)17/h6H,3-5H2,1-2H3,(H,12,13)(H2,11,16,17). The lowest BCUT2D eigenvalue weighted by molar-refractivity contribution is 0.0927. The maximum atomic E-state index is 11.7. The Morgan fingerprint density at radius 1 is 1.35 bits per heavy atom. The van der Waals surface area contributed by atoms with Crippen LogP contribution in [0.5, 0.6) is 0 Å². The lowest BCUT2D eigenvalue weighted by Gasteiger charge is -2.02. The van der Waals surface area contributed by atoms with E-state index in [0.717, 1.165) is 6.07 Å². The first-order chi connectivity index (χ1) is 9.07. The van der Waals surface area contributed by atoms with Gasteiger partial charge in [-0.15, -0.1) is 0 Å². The Kier molecular flexibility index (Phi) is 4.95. The number of carbonyl (C=O) groups is 1. The topological polar surface area (TPSA) is 137 Å². The molecule has 0 fully saturated rings. The maximum absolute atomic E-state index is 11.7. The van der Waals surface area contributed by atoms with Crippen LogP contribution < -0.4 is 10.5 Å². The van der Waals surface area contributed by atoms with Crippen LogP contribution in [0.15, 0.2) is 15.4 Å². The fourth-order valence-electron chi connectivity index (χ4n) is 1.41. The Hall–Kier alpha value is -1.39. The number of hydrogen-bond donors (Lipinski definition) is 2. The van der Waals surface area contributed by atoms with Crippen LogP contribution >= 0.6 is 0 Å². The van der Waals surface area contributed by atoms with Crippen LogP contribution in [0.3, 0.4) is 0 Å². The molecule has 0 saturated carbocycles. The highest BCUT2D eigenvalue weighted by Crippen LogP contribution is 2.18. The molecule has 0 aromatic carbocycles. The molecule has 1 heterocycles. The summed E-state index contributed by atoms with van der Waals surface area (Å²) < 4.78 is 49.8. The van der Waals surface area contributed by atoms with Crippen LogP contribution in [0, 0.1) is 6.92 Å². The molecule has 0 spiro atoms. The summed E-state index contributed by atoms with van der Waals surface area (Å²) in [5.74, 6) is -1.15. The number of carbonyl (C=O) groups excluding carboxylic acids is 1. The fourth-order valence-corrected chi connectivity index (χ4v) is 2.83. The van der Waals surface area contributed by atoms with Crippen molar-refractivity contribution in [1.29, 1.82) is 0 Å². The zero-order valence-electron chi connectivity index (χ0n) is 11.0. The van der Waals surface area contributed by atoms with E-state index in [2.05, 4.69) is 5.32 Å². The lowest BCUT2D eigenvalue weighted by atomic mass is 10.4. The molecule has 3 N–H and O–H groups in total. The van der Waals surface area contributed by atoms with Crippen molar-refractivity contribution >= 4 is 25.8 Å². The van der Waals surface area contributed by atoms with Crippen LogP contribution in [-0.4, -0.2) is 40.8 Å². The molecule has 10 heteroatoms. The van der Waals surface area contributed by atoms with E-state index in [-0.39, 0.29) is 34.5 Å². The van der Waals surface area contributed by atoms with Gasteiger partial charge in [-0.25, -0.2) is 22.0 Å². The summed E-state index contributed by atoms with van der Waals surface area (Å²) in [7, 11) is -7.15. The van der Waals surface area contributed by atoms with Crippen molar-refractivity contribution in [1.82, 2.24) is 5.32 Å². The minimum Gasteiger partial charge on any atom is -0.455 e. The van der Waals surface area contributed by atoms with Gasteiger partial charge in [0.05, 0.1) is 5.75 Å². The van der Waals surface area contributed by atoms with Crippen LogP contribution in [0.1, 0.15) is 23.2 Å². The molecule has 20 heavy (non-hydrogen) atoms. The first kappa shape index (κ1) is 16.7. The third kappa shape index (κ3) is 4.32. The number of rotatable bonds is 6. The zero-order chi connectivity index (χ0) is 15.6. The molecule has 8 nitrogen and oxygen atoms in total. The number of nitrogens with one attached hydrogen (secondary N) is 1. The van der Waals surface area contributed by atoms with E-state index in [1.54, 1.807) is 0 Å². The van der Waals surface area contributed by atoms with Crippen molar-refractivity contribution in [3.05, 3.63) is 17.6 Å². The summed E-state index contributed by atoms with van der Waals surface area (Å²) in [5.41, 5.74) is 0.